The Morgan fingerprint density at radius 3 is 2.34 bits per heavy atom. The van der Waals surface area contributed by atoms with Crippen molar-refractivity contribution in [2.75, 3.05) is 4.90 Å². The van der Waals surface area contributed by atoms with E-state index in [0.29, 0.717) is 11.1 Å². The van der Waals surface area contributed by atoms with Crippen LogP contribution < -0.4 is 10.6 Å². The fourth-order valence-electron chi connectivity index (χ4n) is 4.45. The lowest BCUT2D eigenvalue weighted by molar-refractivity contribution is -0.136. The molecule has 0 saturated carbocycles. The van der Waals surface area contributed by atoms with Crippen molar-refractivity contribution in [3.05, 3.63) is 126 Å². The number of nitriles is 1. The minimum atomic E-state index is -4.68. The molecule has 10 heteroatoms. The Balaban J connectivity index is 1.70. The number of carbonyl (C=O) groups is 1. The summed E-state index contributed by atoms with van der Waals surface area (Å²) in [6.45, 7) is 0. The first-order chi connectivity index (χ1) is 19.7. The van der Waals surface area contributed by atoms with Crippen LogP contribution in [0.4, 0.5) is 28.9 Å². The van der Waals surface area contributed by atoms with E-state index in [9.17, 15) is 27.6 Å². The largest absolute Gasteiger partial charge is 0.418 e. The molecule has 202 valence electrons. The van der Waals surface area contributed by atoms with Crippen molar-refractivity contribution < 1.29 is 22.4 Å². The highest BCUT2D eigenvalue weighted by Crippen LogP contribution is 2.39. The molecule has 41 heavy (non-hydrogen) atoms. The average Bonchev–Trinajstić information content (AvgIpc) is 2.97. The van der Waals surface area contributed by atoms with Crippen molar-refractivity contribution in [2.24, 2.45) is 10.7 Å². The molecule has 0 amide bonds. The number of para-hydroxylation sites is 2. The molecule has 0 radical (unpaired) electrons. The Morgan fingerprint density at radius 2 is 1.63 bits per heavy atom. The molecule has 0 aliphatic rings. The van der Waals surface area contributed by atoms with Gasteiger partial charge in [-0.2, -0.15) is 18.4 Å². The van der Waals surface area contributed by atoms with Gasteiger partial charge >= 0.3 is 6.18 Å². The van der Waals surface area contributed by atoms with Crippen LogP contribution in [-0.2, 0) is 6.18 Å². The number of hydrogen-bond donors (Lipinski definition) is 1. The number of halogens is 4. The van der Waals surface area contributed by atoms with Crippen molar-refractivity contribution in [1.82, 2.24) is 4.98 Å². The molecular formula is C31H19F4N5O. The molecule has 2 N–H and O–H groups in total. The number of aliphatic imine (C=N–C) groups is 1. The highest BCUT2D eigenvalue weighted by molar-refractivity contribution is 6.17. The third-order valence-electron chi connectivity index (χ3n) is 6.28. The highest BCUT2D eigenvalue weighted by Gasteiger charge is 2.34. The van der Waals surface area contributed by atoms with Crippen molar-refractivity contribution in [1.29, 1.82) is 5.26 Å². The Morgan fingerprint density at radius 1 is 0.927 bits per heavy atom. The molecule has 4 aromatic carbocycles. The number of aromatic nitrogens is 1. The van der Waals surface area contributed by atoms with Gasteiger partial charge in [0.25, 0.3) is 0 Å². The van der Waals surface area contributed by atoms with E-state index in [2.05, 4.69) is 9.98 Å². The van der Waals surface area contributed by atoms with E-state index < -0.39 is 23.3 Å². The van der Waals surface area contributed by atoms with Crippen LogP contribution >= 0.6 is 0 Å². The number of hydrogen-bond acceptors (Lipinski definition) is 4. The quantitative estimate of drug-likeness (QED) is 0.0619. The highest BCUT2D eigenvalue weighted by atomic mass is 19.4. The fourth-order valence-corrected chi connectivity index (χ4v) is 4.45. The van der Waals surface area contributed by atoms with Gasteiger partial charge in [0.1, 0.15) is 5.82 Å². The Hall–Kier alpha value is -5.56. The maximum atomic E-state index is 14.3. The van der Waals surface area contributed by atoms with Crippen LogP contribution in [0.25, 0.3) is 22.0 Å². The summed E-state index contributed by atoms with van der Waals surface area (Å²) in [5, 5.41) is 9.72. The van der Waals surface area contributed by atoms with Crippen LogP contribution in [0.2, 0.25) is 0 Å². The first-order valence-electron chi connectivity index (χ1n) is 12.2. The zero-order chi connectivity index (χ0) is 29.1. The summed E-state index contributed by atoms with van der Waals surface area (Å²) in [6, 6.07) is 23.7. The number of anilines is 1. The molecule has 1 heterocycles. The smallest absolute Gasteiger partial charge is 0.368 e. The first-order valence-corrected chi connectivity index (χ1v) is 12.2. The molecule has 5 aromatic rings. The molecule has 0 spiro atoms. The topological polar surface area (TPSA) is 95.4 Å². The lowest BCUT2D eigenvalue weighted by Gasteiger charge is -2.17. The summed E-state index contributed by atoms with van der Waals surface area (Å²) in [5.41, 5.74) is 5.90. The molecule has 0 bridgehead atoms. The van der Waals surface area contributed by atoms with Crippen molar-refractivity contribution in [3.63, 3.8) is 0 Å². The van der Waals surface area contributed by atoms with Gasteiger partial charge in [0, 0.05) is 28.3 Å². The maximum absolute atomic E-state index is 14.3. The molecule has 0 aliphatic heterocycles. The number of pyridine rings is 1. The lowest BCUT2D eigenvalue weighted by atomic mass is 9.91. The van der Waals surface area contributed by atoms with E-state index in [0.717, 1.165) is 17.2 Å². The number of carbonyl (C=O) groups excluding carboxylic acids is 1. The zero-order valence-corrected chi connectivity index (χ0v) is 21.1. The second-order valence-corrected chi connectivity index (χ2v) is 8.85. The van der Waals surface area contributed by atoms with Crippen LogP contribution in [0.1, 0.15) is 21.5 Å². The van der Waals surface area contributed by atoms with Gasteiger partial charge in [-0.1, -0.05) is 66.7 Å². The van der Waals surface area contributed by atoms with E-state index in [1.165, 1.54) is 42.5 Å². The van der Waals surface area contributed by atoms with Gasteiger partial charge < -0.3 is 5.73 Å². The Bertz CT molecular complexity index is 1850. The van der Waals surface area contributed by atoms with Gasteiger partial charge in [0.2, 0.25) is 5.96 Å². The second-order valence-electron chi connectivity index (χ2n) is 8.85. The zero-order valence-electron chi connectivity index (χ0n) is 21.1. The molecule has 0 aliphatic carbocycles. The summed E-state index contributed by atoms with van der Waals surface area (Å²) < 4.78 is 55.9. The van der Waals surface area contributed by atoms with Crippen LogP contribution in [-0.4, -0.2) is 16.7 Å². The molecule has 6 nitrogen and oxygen atoms in total. The van der Waals surface area contributed by atoms with Crippen LogP contribution in [0.15, 0.2) is 108 Å². The summed E-state index contributed by atoms with van der Waals surface area (Å²) >= 11 is 0. The minimum absolute atomic E-state index is 0.0853. The second kappa shape index (κ2) is 10.9. The first kappa shape index (κ1) is 27.0. The predicted octanol–water partition coefficient (Wildman–Crippen LogP) is 7.22. The molecule has 0 unspecified atom stereocenters. The van der Waals surface area contributed by atoms with Crippen molar-refractivity contribution in [2.45, 2.75) is 6.18 Å². The number of guanidine groups is 1. The van der Waals surface area contributed by atoms with E-state index in [1.807, 2.05) is 0 Å². The van der Waals surface area contributed by atoms with Gasteiger partial charge in [-0.3, -0.25) is 9.78 Å². The Kier molecular flexibility index (Phi) is 7.18. The number of alkyl halides is 3. The van der Waals surface area contributed by atoms with E-state index in [-0.39, 0.29) is 39.4 Å². The van der Waals surface area contributed by atoms with Crippen LogP contribution in [0.3, 0.4) is 0 Å². The number of nitrogens with two attached hydrogens (primary N) is 1. The maximum Gasteiger partial charge on any atom is 0.418 e. The van der Waals surface area contributed by atoms with Gasteiger partial charge in [-0.15, -0.1) is 0 Å². The third-order valence-corrected chi connectivity index (χ3v) is 6.28. The number of ketones is 1. The SMILES string of the molecule is N#CN(C(N)=Nc1cccc(-c2c(C(=O)c3ccccc3)cnc3c(C(F)(F)F)cccc23)c1)c1ccccc1F. The summed E-state index contributed by atoms with van der Waals surface area (Å²) in [7, 11) is 0. The van der Waals surface area contributed by atoms with Crippen LogP contribution in [0, 0.1) is 17.3 Å². The van der Waals surface area contributed by atoms with Gasteiger partial charge in [-0.25, -0.2) is 14.3 Å². The van der Waals surface area contributed by atoms with Crippen molar-refractivity contribution in [3.8, 4) is 17.3 Å². The summed E-state index contributed by atoms with van der Waals surface area (Å²) in [6.07, 6.45) is -1.75. The standard InChI is InChI=1S/C31H19F4N5O/c32-25-14-4-5-15-26(25)40(18-36)30(37)39-21-11-6-10-20(16-21)27-22-12-7-13-24(31(33,34)35)28(22)38-17-23(27)29(41)19-8-2-1-3-9-19/h1-17H,(H2,37,39). The van der Waals surface area contributed by atoms with E-state index in [4.69, 9.17) is 5.73 Å². The van der Waals surface area contributed by atoms with Gasteiger partial charge in [0.15, 0.2) is 12.0 Å². The predicted molar refractivity (Wildman–Crippen MR) is 148 cm³/mol. The van der Waals surface area contributed by atoms with Gasteiger partial charge in [-0.05, 0) is 35.9 Å². The minimum Gasteiger partial charge on any atom is -0.368 e. The molecule has 0 saturated heterocycles. The third kappa shape index (κ3) is 5.33. The number of nitrogens with zero attached hydrogens (tertiary/aromatic N) is 4. The molecule has 0 fully saturated rings. The average molecular weight is 554 g/mol. The molecule has 5 rings (SSSR count). The number of fused-ring (bicyclic) bond motifs is 1. The van der Waals surface area contributed by atoms with Crippen molar-refractivity contribution >= 4 is 34.0 Å². The Labute approximate surface area is 231 Å². The van der Waals surface area contributed by atoms with E-state index >= 15 is 0 Å². The molecule has 0 atom stereocenters. The monoisotopic (exact) mass is 553 g/mol. The number of rotatable bonds is 5. The summed E-state index contributed by atoms with van der Waals surface area (Å²) in [5.74, 6) is -1.46. The number of benzene rings is 4. The van der Waals surface area contributed by atoms with E-state index in [1.54, 1.807) is 54.7 Å². The lowest BCUT2D eigenvalue weighted by Crippen LogP contribution is -2.33. The summed E-state index contributed by atoms with van der Waals surface area (Å²) in [4.78, 5) is 22.7. The fraction of sp³-hybridized carbons (Fsp3) is 0.0323. The normalized spacial score (nSPS) is 11.7. The van der Waals surface area contributed by atoms with Gasteiger partial charge in [0.05, 0.1) is 22.5 Å². The van der Waals surface area contributed by atoms with Crippen LogP contribution in [0.5, 0.6) is 0 Å². The molecule has 1 aromatic heterocycles. The molecular weight excluding hydrogens is 534 g/mol.